The van der Waals surface area contributed by atoms with Gasteiger partial charge in [-0.05, 0) is 11.6 Å². The van der Waals surface area contributed by atoms with E-state index in [1.165, 1.54) is 0 Å². The second-order valence-electron chi connectivity index (χ2n) is 3.70. The van der Waals surface area contributed by atoms with Gasteiger partial charge in [0.25, 0.3) is 0 Å². The number of carboxylic acids is 1. The van der Waals surface area contributed by atoms with E-state index in [0.29, 0.717) is 5.56 Å². The minimum Gasteiger partial charge on any atom is -0.479 e. The standard InChI is InChI=1S/C10H13NO3/c1-10(2,8(12)9(13)14)7-4-3-5-11-6-7/h3-6,8,12H,1-2H3,(H,13,14). The first-order valence-electron chi connectivity index (χ1n) is 4.27. The summed E-state index contributed by atoms with van der Waals surface area (Å²) in [5.74, 6) is -1.22. The highest BCUT2D eigenvalue weighted by molar-refractivity contribution is 5.74. The second-order valence-corrected chi connectivity index (χ2v) is 3.70. The maximum absolute atomic E-state index is 10.6. The molecule has 4 heteroatoms. The summed E-state index contributed by atoms with van der Waals surface area (Å²) < 4.78 is 0. The zero-order chi connectivity index (χ0) is 10.8. The van der Waals surface area contributed by atoms with Crippen LogP contribution in [0.2, 0.25) is 0 Å². The minimum atomic E-state index is -1.42. The van der Waals surface area contributed by atoms with Gasteiger partial charge >= 0.3 is 5.97 Å². The molecule has 1 aromatic rings. The van der Waals surface area contributed by atoms with E-state index < -0.39 is 17.5 Å². The molecule has 0 bridgehead atoms. The topological polar surface area (TPSA) is 70.4 Å². The summed E-state index contributed by atoms with van der Waals surface area (Å²) in [5, 5.41) is 18.2. The van der Waals surface area contributed by atoms with Crippen LogP contribution in [-0.2, 0) is 10.2 Å². The van der Waals surface area contributed by atoms with Crippen LogP contribution < -0.4 is 0 Å². The number of hydrogen-bond donors (Lipinski definition) is 2. The zero-order valence-corrected chi connectivity index (χ0v) is 8.14. The quantitative estimate of drug-likeness (QED) is 0.748. The van der Waals surface area contributed by atoms with Gasteiger partial charge in [-0.3, -0.25) is 4.98 Å². The first-order chi connectivity index (χ1) is 6.46. The second kappa shape index (κ2) is 3.75. The van der Waals surface area contributed by atoms with E-state index in [2.05, 4.69) is 4.98 Å². The van der Waals surface area contributed by atoms with E-state index in [9.17, 15) is 9.90 Å². The summed E-state index contributed by atoms with van der Waals surface area (Å²) in [6.45, 7) is 3.34. The molecule has 14 heavy (non-hydrogen) atoms. The number of nitrogens with zero attached hydrogens (tertiary/aromatic N) is 1. The number of aromatic nitrogens is 1. The van der Waals surface area contributed by atoms with Crippen LogP contribution in [0, 0.1) is 0 Å². The van der Waals surface area contributed by atoms with Gasteiger partial charge in [0.15, 0.2) is 6.10 Å². The fourth-order valence-corrected chi connectivity index (χ4v) is 1.21. The summed E-state index contributed by atoms with van der Waals surface area (Å²) in [4.78, 5) is 14.5. The van der Waals surface area contributed by atoms with Crippen molar-refractivity contribution in [3.63, 3.8) is 0 Å². The van der Waals surface area contributed by atoms with Crippen molar-refractivity contribution in [3.8, 4) is 0 Å². The van der Waals surface area contributed by atoms with Gasteiger partial charge in [-0.1, -0.05) is 19.9 Å². The fraction of sp³-hybridized carbons (Fsp3) is 0.400. The zero-order valence-electron chi connectivity index (χ0n) is 8.14. The first kappa shape index (κ1) is 10.7. The van der Waals surface area contributed by atoms with Crippen LogP contribution in [0.5, 0.6) is 0 Å². The average molecular weight is 195 g/mol. The summed E-state index contributed by atoms with van der Waals surface area (Å²) >= 11 is 0. The molecule has 4 nitrogen and oxygen atoms in total. The molecule has 0 aliphatic carbocycles. The molecule has 1 rings (SSSR count). The van der Waals surface area contributed by atoms with Crippen molar-refractivity contribution >= 4 is 5.97 Å². The van der Waals surface area contributed by atoms with E-state index in [1.807, 2.05) is 0 Å². The Hall–Kier alpha value is -1.42. The van der Waals surface area contributed by atoms with Crippen LogP contribution in [0.4, 0.5) is 0 Å². The molecule has 0 saturated heterocycles. The molecular weight excluding hydrogens is 182 g/mol. The number of aliphatic hydroxyl groups excluding tert-OH is 1. The lowest BCUT2D eigenvalue weighted by molar-refractivity contribution is -0.150. The Kier molecular flexibility index (Phi) is 2.86. The third-order valence-electron chi connectivity index (χ3n) is 2.32. The normalized spacial score (nSPS) is 13.6. The molecule has 1 heterocycles. The van der Waals surface area contributed by atoms with E-state index in [4.69, 9.17) is 5.11 Å². The highest BCUT2D eigenvalue weighted by Crippen LogP contribution is 2.26. The van der Waals surface area contributed by atoms with Crippen molar-refractivity contribution in [3.05, 3.63) is 30.1 Å². The van der Waals surface area contributed by atoms with Gasteiger partial charge in [0.1, 0.15) is 0 Å². The largest absolute Gasteiger partial charge is 0.479 e. The lowest BCUT2D eigenvalue weighted by atomic mass is 9.80. The number of carbonyl (C=O) groups is 1. The van der Waals surface area contributed by atoms with Crippen molar-refractivity contribution in [1.82, 2.24) is 4.98 Å². The van der Waals surface area contributed by atoms with Crippen LogP contribution in [0.25, 0.3) is 0 Å². The summed E-state index contributed by atoms with van der Waals surface area (Å²) in [6, 6.07) is 3.46. The maximum Gasteiger partial charge on any atom is 0.333 e. The van der Waals surface area contributed by atoms with Gasteiger partial charge in [-0.15, -0.1) is 0 Å². The third-order valence-corrected chi connectivity index (χ3v) is 2.32. The Labute approximate surface area is 82.2 Å². The first-order valence-corrected chi connectivity index (χ1v) is 4.27. The number of hydrogen-bond acceptors (Lipinski definition) is 3. The third kappa shape index (κ3) is 1.90. The van der Waals surface area contributed by atoms with E-state index >= 15 is 0 Å². The SMILES string of the molecule is CC(C)(c1cccnc1)C(O)C(=O)O. The van der Waals surface area contributed by atoms with Crippen LogP contribution in [0.1, 0.15) is 19.4 Å². The number of carboxylic acid groups (broad SMARTS) is 1. The monoisotopic (exact) mass is 195 g/mol. The minimum absolute atomic E-state index is 0.704. The van der Waals surface area contributed by atoms with Gasteiger partial charge < -0.3 is 10.2 Å². The highest BCUT2D eigenvalue weighted by atomic mass is 16.4. The van der Waals surface area contributed by atoms with Gasteiger partial charge in [-0.2, -0.15) is 0 Å². The molecule has 2 N–H and O–H groups in total. The Morgan fingerprint density at radius 3 is 2.64 bits per heavy atom. The molecule has 1 unspecified atom stereocenters. The van der Waals surface area contributed by atoms with Crippen LogP contribution >= 0.6 is 0 Å². The summed E-state index contributed by atoms with van der Waals surface area (Å²) in [5.41, 5.74) is -0.130. The number of pyridine rings is 1. The lowest BCUT2D eigenvalue weighted by Gasteiger charge is -2.27. The lowest BCUT2D eigenvalue weighted by Crippen LogP contribution is -2.39. The van der Waals surface area contributed by atoms with Crippen molar-refractivity contribution in [2.45, 2.75) is 25.4 Å². The maximum atomic E-state index is 10.6. The molecule has 0 spiro atoms. The number of aliphatic hydroxyl groups is 1. The van der Waals surface area contributed by atoms with Crippen molar-refractivity contribution < 1.29 is 15.0 Å². The Bertz CT molecular complexity index is 321. The molecule has 0 saturated carbocycles. The molecule has 0 aliphatic rings. The van der Waals surface area contributed by atoms with Crippen LogP contribution in [-0.4, -0.2) is 27.3 Å². The molecular formula is C10H13NO3. The van der Waals surface area contributed by atoms with Crippen molar-refractivity contribution in [1.29, 1.82) is 0 Å². The Balaban J connectivity index is 3.02. The predicted octanol–water partition coefficient (Wildman–Crippen LogP) is 0.805. The average Bonchev–Trinajstić information content (AvgIpc) is 2.18. The molecule has 76 valence electrons. The molecule has 0 amide bonds. The molecule has 0 radical (unpaired) electrons. The van der Waals surface area contributed by atoms with E-state index in [0.717, 1.165) is 0 Å². The summed E-state index contributed by atoms with van der Waals surface area (Å²) in [6.07, 6.45) is 1.74. The molecule has 1 aromatic heterocycles. The smallest absolute Gasteiger partial charge is 0.333 e. The summed E-state index contributed by atoms with van der Waals surface area (Å²) in [7, 11) is 0. The van der Waals surface area contributed by atoms with E-state index in [-0.39, 0.29) is 0 Å². The molecule has 0 fully saturated rings. The van der Waals surface area contributed by atoms with Gasteiger partial charge in [-0.25, -0.2) is 4.79 Å². The van der Waals surface area contributed by atoms with Crippen LogP contribution in [0.3, 0.4) is 0 Å². The molecule has 1 atom stereocenters. The molecule has 0 aliphatic heterocycles. The Morgan fingerprint density at radius 1 is 1.57 bits per heavy atom. The fourth-order valence-electron chi connectivity index (χ4n) is 1.21. The van der Waals surface area contributed by atoms with Gasteiger partial charge in [0, 0.05) is 17.8 Å². The van der Waals surface area contributed by atoms with Gasteiger partial charge in [0.05, 0.1) is 0 Å². The van der Waals surface area contributed by atoms with Gasteiger partial charge in [0.2, 0.25) is 0 Å². The Morgan fingerprint density at radius 2 is 2.21 bits per heavy atom. The van der Waals surface area contributed by atoms with E-state index in [1.54, 1.807) is 38.4 Å². The van der Waals surface area contributed by atoms with Crippen molar-refractivity contribution in [2.24, 2.45) is 0 Å². The number of aliphatic carboxylic acids is 1. The predicted molar refractivity (Wildman–Crippen MR) is 50.9 cm³/mol. The number of rotatable bonds is 3. The van der Waals surface area contributed by atoms with Crippen LogP contribution in [0.15, 0.2) is 24.5 Å². The highest BCUT2D eigenvalue weighted by Gasteiger charge is 2.35. The molecule has 0 aromatic carbocycles. The van der Waals surface area contributed by atoms with Crippen molar-refractivity contribution in [2.75, 3.05) is 0 Å².